The van der Waals surface area contributed by atoms with Crippen molar-refractivity contribution < 1.29 is 19.1 Å². The number of halogens is 1. The summed E-state index contributed by atoms with van der Waals surface area (Å²) in [5.74, 6) is -2.50. The van der Waals surface area contributed by atoms with E-state index in [0.717, 1.165) is 25.3 Å². The molecule has 0 atom stereocenters. The minimum absolute atomic E-state index is 0.107. The third-order valence-electron chi connectivity index (χ3n) is 4.50. The molecule has 1 saturated carbocycles. The second-order valence-corrected chi connectivity index (χ2v) is 5.74. The molecule has 0 bridgehead atoms. The zero-order valence-electron chi connectivity index (χ0n) is 12.1. The van der Waals surface area contributed by atoms with Gasteiger partial charge in [-0.05, 0) is 42.9 Å². The van der Waals surface area contributed by atoms with Crippen LogP contribution < -0.4 is 5.32 Å². The molecule has 0 heterocycles. The van der Waals surface area contributed by atoms with Crippen LogP contribution in [-0.2, 0) is 0 Å². The first kappa shape index (κ1) is 15.5. The van der Waals surface area contributed by atoms with E-state index in [1.54, 1.807) is 0 Å². The van der Waals surface area contributed by atoms with Crippen molar-refractivity contribution in [2.45, 2.75) is 39.0 Å². The Morgan fingerprint density at radius 1 is 1.33 bits per heavy atom. The molecule has 21 heavy (non-hydrogen) atoms. The number of amides is 1. The van der Waals surface area contributed by atoms with Crippen molar-refractivity contribution in [1.29, 1.82) is 0 Å². The van der Waals surface area contributed by atoms with Gasteiger partial charge >= 0.3 is 5.97 Å². The number of nitrogens with one attached hydrogen (secondary N) is 1. The molecule has 0 spiro atoms. The van der Waals surface area contributed by atoms with Gasteiger partial charge in [0.1, 0.15) is 5.82 Å². The van der Waals surface area contributed by atoms with E-state index >= 15 is 0 Å². The number of aromatic carboxylic acids is 1. The van der Waals surface area contributed by atoms with Crippen LogP contribution >= 0.6 is 0 Å². The number of carboxylic acid groups (broad SMARTS) is 1. The fourth-order valence-electron chi connectivity index (χ4n) is 2.98. The first-order chi connectivity index (χ1) is 9.97. The number of benzene rings is 1. The van der Waals surface area contributed by atoms with Crippen molar-refractivity contribution in [3.05, 3.63) is 35.1 Å². The maximum absolute atomic E-state index is 13.8. The third kappa shape index (κ3) is 3.40. The number of carbonyl (C=O) groups is 2. The van der Waals surface area contributed by atoms with Crippen molar-refractivity contribution in [3.8, 4) is 0 Å². The molecule has 1 aliphatic carbocycles. The molecule has 1 aliphatic rings. The smallest absolute Gasteiger partial charge is 0.335 e. The Kier molecular flexibility index (Phi) is 4.60. The SMILES string of the molecule is CCC1(CNC(=O)c2ccc(C(=O)O)cc2F)CCCC1. The summed E-state index contributed by atoms with van der Waals surface area (Å²) in [6.07, 6.45) is 5.51. The van der Waals surface area contributed by atoms with E-state index in [1.165, 1.54) is 25.0 Å². The summed E-state index contributed by atoms with van der Waals surface area (Å²) in [4.78, 5) is 22.8. The zero-order valence-corrected chi connectivity index (χ0v) is 12.1. The summed E-state index contributed by atoms with van der Waals surface area (Å²) >= 11 is 0. The number of carbonyl (C=O) groups excluding carboxylic acids is 1. The van der Waals surface area contributed by atoms with Gasteiger partial charge in [0.05, 0.1) is 11.1 Å². The first-order valence-corrected chi connectivity index (χ1v) is 7.28. The zero-order chi connectivity index (χ0) is 15.5. The van der Waals surface area contributed by atoms with Gasteiger partial charge < -0.3 is 10.4 Å². The number of rotatable bonds is 5. The van der Waals surface area contributed by atoms with E-state index in [1.807, 2.05) is 0 Å². The van der Waals surface area contributed by atoms with Crippen LogP contribution in [0.25, 0.3) is 0 Å². The van der Waals surface area contributed by atoms with Gasteiger partial charge in [-0.1, -0.05) is 19.8 Å². The molecule has 0 saturated heterocycles. The summed E-state index contributed by atoms with van der Waals surface area (Å²) in [5, 5.41) is 11.6. The Labute approximate surface area is 123 Å². The van der Waals surface area contributed by atoms with Crippen LogP contribution in [0.5, 0.6) is 0 Å². The van der Waals surface area contributed by atoms with E-state index in [9.17, 15) is 14.0 Å². The van der Waals surface area contributed by atoms with Crippen LogP contribution in [0.3, 0.4) is 0 Å². The Morgan fingerprint density at radius 3 is 2.52 bits per heavy atom. The minimum atomic E-state index is -1.21. The summed E-state index contributed by atoms with van der Waals surface area (Å²) in [7, 11) is 0. The van der Waals surface area contributed by atoms with Crippen molar-refractivity contribution >= 4 is 11.9 Å². The average molecular weight is 293 g/mol. The molecule has 0 aromatic heterocycles. The number of hydrogen-bond donors (Lipinski definition) is 2. The lowest BCUT2D eigenvalue weighted by molar-refractivity contribution is 0.0695. The van der Waals surface area contributed by atoms with Gasteiger partial charge in [0.2, 0.25) is 0 Å². The molecule has 1 fully saturated rings. The molecule has 1 aromatic carbocycles. The quantitative estimate of drug-likeness (QED) is 0.876. The lowest BCUT2D eigenvalue weighted by Gasteiger charge is -2.27. The Bertz CT molecular complexity index is 550. The highest BCUT2D eigenvalue weighted by molar-refractivity contribution is 5.96. The third-order valence-corrected chi connectivity index (χ3v) is 4.50. The highest BCUT2D eigenvalue weighted by atomic mass is 19.1. The van der Waals surface area contributed by atoms with E-state index in [0.29, 0.717) is 6.54 Å². The van der Waals surface area contributed by atoms with Gasteiger partial charge in [0.15, 0.2) is 0 Å². The van der Waals surface area contributed by atoms with Crippen molar-refractivity contribution in [2.75, 3.05) is 6.54 Å². The Morgan fingerprint density at radius 2 is 2.00 bits per heavy atom. The summed E-state index contributed by atoms with van der Waals surface area (Å²) in [6, 6.07) is 3.34. The summed E-state index contributed by atoms with van der Waals surface area (Å²) in [5.41, 5.74) is -0.137. The van der Waals surface area contributed by atoms with Crippen LogP contribution in [0.4, 0.5) is 4.39 Å². The predicted octanol–water partition coefficient (Wildman–Crippen LogP) is 3.22. The molecule has 0 aliphatic heterocycles. The maximum Gasteiger partial charge on any atom is 0.335 e. The molecule has 1 aromatic rings. The lowest BCUT2D eigenvalue weighted by Crippen LogP contribution is -2.36. The second-order valence-electron chi connectivity index (χ2n) is 5.74. The molecule has 0 unspecified atom stereocenters. The summed E-state index contributed by atoms with van der Waals surface area (Å²) in [6.45, 7) is 2.65. The first-order valence-electron chi connectivity index (χ1n) is 7.28. The van der Waals surface area contributed by atoms with Gasteiger partial charge in [-0.25, -0.2) is 9.18 Å². The van der Waals surface area contributed by atoms with Gasteiger partial charge in [0.25, 0.3) is 5.91 Å². The summed E-state index contributed by atoms with van der Waals surface area (Å²) < 4.78 is 13.8. The van der Waals surface area contributed by atoms with Gasteiger partial charge in [-0.2, -0.15) is 0 Å². The highest BCUT2D eigenvalue weighted by Gasteiger charge is 2.32. The average Bonchev–Trinajstić information content (AvgIpc) is 2.94. The van der Waals surface area contributed by atoms with Gasteiger partial charge in [-0.15, -0.1) is 0 Å². The monoisotopic (exact) mass is 293 g/mol. The fraction of sp³-hybridized carbons (Fsp3) is 0.500. The van der Waals surface area contributed by atoms with E-state index < -0.39 is 17.7 Å². The molecule has 0 radical (unpaired) electrons. The van der Waals surface area contributed by atoms with Crippen LogP contribution in [0.15, 0.2) is 18.2 Å². The molecule has 2 rings (SSSR count). The Hall–Kier alpha value is -1.91. The number of hydrogen-bond acceptors (Lipinski definition) is 2. The molecule has 114 valence electrons. The molecule has 4 nitrogen and oxygen atoms in total. The second kappa shape index (κ2) is 6.24. The number of carboxylic acids is 1. The van der Waals surface area contributed by atoms with Crippen molar-refractivity contribution in [2.24, 2.45) is 5.41 Å². The molecular weight excluding hydrogens is 273 g/mol. The normalized spacial score (nSPS) is 16.7. The maximum atomic E-state index is 13.8. The van der Waals surface area contributed by atoms with E-state index in [-0.39, 0.29) is 16.5 Å². The van der Waals surface area contributed by atoms with E-state index in [2.05, 4.69) is 12.2 Å². The molecular formula is C16H20FNO3. The Balaban J connectivity index is 2.05. The van der Waals surface area contributed by atoms with Crippen LogP contribution in [0.1, 0.15) is 59.7 Å². The highest BCUT2D eigenvalue weighted by Crippen LogP contribution is 2.40. The van der Waals surface area contributed by atoms with Crippen LogP contribution in [0, 0.1) is 11.2 Å². The van der Waals surface area contributed by atoms with Crippen molar-refractivity contribution in [1.82, 2.24) is 5.32 Å². The molecule has 2 N–H and O–H groups in total. The van der Waals surface area contributed by atoms with Crippen LogP contribution in [-0.4, -0.2) is 23.5 Å². The molecule has 1 amide bonds. The largest absolute Gasteiger partial charge is 0.478 e. The van der Waals surface area contributed by atoms with Crippen LogP contribution in [0.2, 0.25) is 0 Å². The molecule has 5 heteroatoms. The predicted molar refractivity (Wildman–Crippen MR) is 76.9 cm³/mol. The lowest BCUT2D eigenvalue weighted by atomic mass is 9.83. The van der Waals surface area contributed by atoms with Gasteiger partial charge in [0, 0.05) is 6.54 Å². The standard InChI is InChI=1S/C16H20FNO3/c1-2-16(7-3-4-8-16)10-18-14(19)12-6-5-11(15(20)21)9-13(12)17/h5-6,9H,2-4,7-8,10H2,1H3,(H,18,19)(H,20,21). The minimum Gasteiger partial charge on any atom is -0.478 e. The fourth-order valence-corrected chi connectivity index (χ4v) is 2.98. The van der Waals surface area contributed by atoms with Crippen molar-refractivity contribution in [3.63, 3.8) is 0 Å². The topological polar surface area (TPSA) is 66.4 Å². The van der Waals surface area contributed by atoms with E-state index in [4.69, 9.17) is 5.11 Å². The van der Waals surface area contributed by atoms with Gasteiger partial charge in [-0.3, -0.25) is 4.79 Å².